The summed E-state index contributed by atoms with van der Waals surface area (Å²) in [6, 6.07) is 6.87. The third-order valence-corrected chi connectivity index (χ3v) is 6.90. The van der Waals surface area contributed by atoms with Crippen LogP contribution in [0, 0.1) is 0 Å². The van der Waals surface area contributed by atoms with Gasteiger partial charge in [0, 0.05) is 24.2 Å². The predicted octanol–water partition coefficient (Wildman–Crippen LogP) is 1.53. The van der Waals surface area contributed by atoms with Crippen LogP contribution in [0.25, 0.3) is 0 Å². The topological polar surface area (TPSA) is 111 Å². The molecule has 5 heterocycles. The highest BCUT2D eigenvalue weighted by Gasteiger charge is 2.38. The molecule has 2 aliphatic heterocycles. The van der Waals surface area contributed by atoms with E-state index in [0.717, 1.165) is 11.3 Å². The van der Waals surface area contributed by atoms with Gasteiger partial charge in [-0.3, -0.25) is 9.59 Å². The number of nitrogens with one attached hydrogen (secondary N) is 1. The van der Waals surface area contributed by atoms with Gasteiger partial charge in [-0.05, 0) is 30.7 Å². The number of pyridine rings is 1. The highest BCUT2D eigenvalue weighted by atomic mass is 32.1. The van der Waals surface area contributed by atoms with Gasteiger partial charge in [0.2, 0.25) is 0 Å². The van der Waals surface area contributed by atoms with Crippen molar-refractivity contribution < 1.29 is 19.1 Å². The number of hydrogen-bond donors (Lipinski definition) is 1. The highest BCUT2D eigenvalue weighted by molar-refractivity contribution is 7.14. The van der Waals surface area contributed by atoms with Crippen molar-refractivity contribution in [3.63, 3.8) is 0 Å². The normalized spacial score (nSPS) is 20.9. The number of rotatable bonds is 2. The van der Waals surface area contributed by atoms with Crippen LogP contribution >= 0.6 is 11.3 Å². The summed E-state index contributed by atoms with van der Waals surface area (Å²) in [7, 11) is 0. The van der Waals surface area contributed by atoms with Crippen molar-refractivity contribution >= 4 is 23.2 Å². The first-order valence-electron chi connectivity index (χ1n) is 10.9. The summed E-state index contributed by atoms with van der Waals surface area (Å²) in [5.74, 6) is -0.0333. The molecule has 2 aliphatic rings. The van der Waals surface area contributed by atoms with Crippen LogP contribution < -0.4 is 10.1 Å². The Morgan fingerprint density at radius 1 is 1.30 bits per heavy atom. The summed E-state index contributed by atoms with van der Waals surface area (Å²) >= 11 is 1.50. The minimum atomic E-state index is -0.403. The third kappa shape index (κ3) is 4.60. The van der Waals surface area contributed by atoms with E-state index < -0.39 is 12.1 Å². The van der Waals surface area contributed by atoms with Gasteiger partial charge in [0.1, 0.15) is 12.3 Å². The lowest BCUT2D eigenvalue weighted by Crippen LogP contribution is -2.44. The van der Waals surface area contributed by atoms with E-state index in [-0.39, 0.29) is 24.1 Å². The van der Waals surface area contributed by atoms with E-state index in [9.17, 15) is 9.59 Å². The fraction of sp³-hybridized carbons (Fsp3) is 0.409. The number of carbonyl (C=O) groups excluding carboxylic acids is 2. The number of thiophene rings is 1. The van der Waals surface area contributed by atoms with Crippen molar-refractivity contribution in [2.45, 2.75) is 38.6 Å². The van der Waals surface area contributed by atoms with E-state index in [1.54, 1.807) is 27.9 Å². The Hall–Kier alpha value is -3.31. The molecule has 0 saturated carbocycles. The smallest absolute Gasteiger partial charge is 0.274 e. The van der Waals surface area contributed by atoms with E-state index in [4.69, 9.17) is 9.47 Å². The molecule has 172 valence electrons. The second-order valence-electron chi connectivity index (χ2n) is 7.93. The van der Waals surface area contributed by atoms with Crippen molar-refractivity contribution in [3.05, 3.63) is 57.8 Å². The van der Waals surface area contributed by atoms with Crippen LogP contribution in [0.2, 0.25) is 0 Å². The van der Waals surface area contributed by atoms with Gasteiger partial charge < -0.3 is 19.7 Å². The van der Waals surface area contributed by atoms with Crippen molar-refractivity contribution in [1.82, 2.24) is 30.2 Å². The average molecular weight is 469 g/mol. The van der Waals surface area contributed by atoms with Crippen molar-refractivity contribution in [2.24, 2.45) is 0 Å². The lowest BCUT2D eigenvalue weighted by Gasteiger charge is -2.20. The molecule has 0 radical (unpaired) electrons. The van der Waals surface area contributed by atoms with Crippen LogP contribution in [0.4, 0.5) is 0 Å². The van der Waals surface area contributed by atoms with Gasteiger partial charge in [0.15, 0.2) is 11.4 Å². The summed E-state index contributed by atoms with van der Waals surface area (Å²) in [5, 5.41) is 11.3. The first-order valence-corrected chi connectivity index (χ1v) is 11.7. The Bertz CT molecular complexity index is 1160. The van der Waals surface area contributed by atoms with Crippen molar-refractivity contribution in [2.75, 3.05) is 19.7 Å². The lowest BCUT2D eigenvalue weighted by molar-refractivity contribution is 0.0290. The number of hydrogen-bond acceptors (Lipinski definition) is 8. The molecule has 0 unspecified atom stereocenters. The van der Waals surface area contributed by atoms with Gasteiger partial charge in [-0.25, -0.2) is 9.67 Å². The van der Waals surface area contributed by atoms with E-state index in [1.807, 2.05) is 18.3 Å². The number of aryl methyl sites for hydroxylation is 1. The molecule has 3 aromatic heterocycles. The number of carbonyl (C=O) groups is 2. The van der Waals surface area contributed by atoms with Crippen LogP contribution in [-0.2, 0) is 24.3 Å². The zero-order valence-electron chi connectivity index (χ0n) is 18.1. The molecule has 10 nitrogen and oxygen atoms in total. The lowest BCUT2D eigenvalue weighted by atomic mass is 10.2. The molecular weight excluding hydrogens is 444 g/mol. The summed E-state index contributed by atoms with van der Waals surface area (Å²) in [4.78, 5) is 34.0. The molecule has 0 aliphatic carbocycles. The Kier molecular flexibility index (Phi) is 6.05. The van der Waals surface area contributed by atoms with Crippen LogP contribution in [0.5, 0.6) is 5.75 Å². The number of likely N-dealkylation sites (tertiary alicyclic amines) is 1. The first-order chi connectivity index (χ1) is 16.1. The summed E-state index contributed by atoms with van der Waals surface area (Å²) in [6.07, 6.45) is 3.85. The van der Waals surface area contributed by atoms with E-state index in [0.29, 0.717) is 42.6 Å². The van der Waals surface area contributed by atoms with Crippen LogP contribution in [0.3, 0.4) is 0 Å². The van der Waals surface area contributed by atoms with Crippen LogP contribution in [-0.4, -0.2) is 68.5 Å². The minimum Gasteiger partial charge on any atom is -0.489 e. The van der Waals surface area contributed by atoms with Crippen LogP contribution in [0.15, 0.2) is 36.7 Å². The molecule has 1 fully saturated rings. The van der Waals surface area contributed by atoms with Gasteiger partial charge in [-0.1, -0.05) is 12.1 Å². The number of fused-ring (bicyclic) bond motifs is 4. The molecule has 1 saturated heterocycles. The van der Waals surface area contributed by atoms with Crippen molar-refractivity contribution in [1.29, 1.82) is 0 Å². The van der Waals surface area contributed by atoms with Gasteiger partial charge in [-0.15, -0.1) is 16.4 Å². The Morgan fingerprint density at radius 3 is 3.06 bits per heavy atom. The maximum Gasteiger partial charge on any atom is 0.274 e. The van der Waals surface area contributed by atoms with Gasteiger partial charge in [0.25, 0.3) is 11.8 Å². The Morgan fingerprint density at radius 2 is 2.21 bits per heavy atom. The summed E-state index contributed by atoms with van der Waals surface area (Å²) in [6.45, 7) is 3.78. The number of nitrogens with zero attached hydrogens (tertiary/aromatic N) is 5. The second kappa shape index (κ2) is 9.28. The molecule has 0 spiro atoms. The maximum absolute atomic E-state index is 13.1. The Balaban J connectivity index is 1.40. The second-order valence-corrected chi connectivity index (χ2v) is 9.10. The molecule has 11 heteroatoms. The standard InChI is InChI=1S/C22H24N6O4S/c1-2-15-5-6-19(33-15)22(30)27-11-16-18(12-27)32-13-14-10-28(26-25-14)8-9-31-17-4-3-7-23-20(17)21(29)24-16/h3-7,10,16,18H,2,8-9,11-13H2,1H3,(H,24,29)/t16-,18-/m0/s1. The first kappa shape index (κ1) is 21.5. The third-order valence-electron chi connectivity index (χ3n) is 5.69. The minimum absolute atomic E-state index is 0.0595. The molecule has 5 rings (SSSR count). The number of aromatic nitrogens is 4. The van der Waals surface area contributed by atoms with Gasteiger partial charge >= 0.3 is 0 Å². The Labute approximate surface area is 194 Å². The molecule has 33 heavy (non-hydrogen) atoms. The molecular formula is C22H24N6O4S. The molecule has 3 aromatic rings. The largest absolute Gasteiger partial charge is 0.489 e. The van der Waals surface area contributed by atoms with Gasteiger partial charge in [0.05, 0.1) is 36.4 Å². The number of ether oxygens (including phenoxy) is 2. The average Bonchev–Trinajstić information content (AvgIpc) is 3.57. The number of amides is 2. The SMILES string of the molecule is CCc1ccc(C(=O)N2C[C@@H]3NC(=O)c4ncccc4OCCn4cc(nn4)CO[C@H]3C2)s1. The molecule has 0 aromatic carbocycles. The van der Waals surface area contributed by atoms with Crippen molar-refractivity contribution in [3.8, 4) is 5.75 Å². The van der Waals surface area contributed by atoms with E-state index in [2.05, 4.69) is 27.5 Å². The maximum atomic E-state index is 13.1. The zero-order valence-corrected chi connectivity index (χ0v) is 19.0. The fourth-order valence-electron chi connectivity index (χ4n) is 3.96. The predicted molar refractivity (Wildman–Crippen MR) is 119 cm³/mol. The molecule has 2 amide bonds. The summed E-state index contributed by atoms with van der Waals surface area (Å²) < 4.78 is 13.6. The van der Waals surface area contributed by atoms with E-state index >= 15 is 0 Å². The van der Waals surface area contributed by atoms with E-state index in [1.165, 1.54) is 11.3 Å². The fourth-order valence-corrected chi connectivity index (χ4v) is 4.87. The molecule has 2 bridgehead atoms. The highest BCUT2D eigenvalue weighted by Crippen LogP contribution is 2.24. The summed E-state index contributed by atoms with van der Waals surface area (Å²) in [5.41, 5.74) is 0.873. The molecule has 1 N–H and O–H groups in total. The molecule has 2 atom stereocenters. The monoisotopic (exact) mass is 468 g/mol. The van der Waals surface area contributed by atoms with Gasteiger partial charge in [-0.2, -0.15) is 0 Å². The quantitative estimate of drug-likeness (QED) is 0.607. The van der Waals surface area contributed by atoms with Crippen LogP contribution in [0.1, 0.15) is 37.7 Å². The zero-order chi connectivity index (χ0) is 22.8.